The summed E-state index contributed by atoms with van der Waals surface area (Å²) in [7, 11) is 0. The third kappa shape index (κ3) is 4.91. The molecule has 128 valence electrons. The molecule has 0 saturated heterocycles. The zero-order valence-corrected chi connectivity index (χ0v) is 15.7. The largest absolute Gasteiger partial charge is 0.321 e. The van der Waals surface area contributed by atoms with Crippen molar-refractivity contribution in [3.63, 3.8) is 0 Å². The molecule has 0 saturated carbocycles. The van der Waals surface area contributed by atoms with E-state index in [1.807, 2.05) is 48.0 Å². The first kappa shape index (κ1) is 17.7. The molecule has 2 aromatic heterocycles. The monoisotopic (exact) mass is 389 g/mol. The summed E-state index contributed by atoms with van der Waals surface area (Å²) in [6.07, 6.45) is 1.65. The van der Waals surface area contributed by atoms with Crippen LogP contribution in [0.3, 0.4) is 0 Å². The second-order valence-electron chi connectivity index (χ2n) is 5.04. The van der Waals surface area contributed by atoms with Crippen LogP contribution in [0.2, 0.25) is 0 Å². The first-order valence-corrected chi connectivity index (χ1v) is 10.1. The van der Waals surface area contributed by atoms with Crippen LogP contribution >= 0.6 is 34.4 Å². The molecule has 1 unspecified atom stereocenters. The fourth-order valence-corrected chi connectivity index (χ4v) is 3.99. The molecule has 2 amide bonds. The van der Waals surface area contributed by atoms with Gasteiger partial charge in [0.1, 0.15) is 0 Å². The van der Waals surface area contributed by atoms with Crippen molar-refractivity contribution in [2.45, 2.75) is 17.1 Å². The highest BCUT2D eigenvalue weighted by Crippen LogP contribution is 2.26. The molecular weight excluding hydrogens is 374 g/mol. The number of aromatic nitrogens is 1. The van der Waals surface area contributed by atoms with Gasteiger partial charge in [-0.3, -0.25) is 9.59 Å². The molecule has 2 heterocycles. The third-order valence-corrected chi connectivity index (χ3v) is 5.87. The van der Waals surface area contributed by atoms with Crippen molar-refractivity contribution in [3.8, 4) is 0 Å². The number of amides is 2. The van der Waals surface area contributed by atoms with Crippen molar-refractivity contribution >= 4 is 57.1 Å². The maximum absolute atomic E-state index is 12.1. The Hall–Kier alpha value is -2.16. The summed E-state index contributed by atoms with van der Waals surface area (Å²) in [5.41, 5.74) is 0.725. The summed E-state index contributed by atoms with van der Waals surface area (Å²) < 4.78 is 0. The summed E-state index contributed by atoms with van der Waals surface area (Å²) in [6.45, 7) is 1.85. The molecule has 3 rings (SSSR count). The predicted molar refractivity (Wildman–Crippen MR) is 105 cm³/mol. The van der Waals surface area contributed by atoms with Crippen LogP contribution in [0.4, 0.5) is 10.8 Å². The van der Waals surface area contributed by atoms with Crippen LogP contribution < -0.4 is 10.6 Å². The Balaban J connectivity index is 1.55. The zero-order valence-electron chi connectivity index (χ0n) is 13.3. The van der Waals surface area contributed by atoms with E-state index in [1.54, 1.807) is 12.3 Å². The van der Waals surface area contributed by atoms with Gasteiger partial charge in [0.25, 0.3) is 5.91 Å². The van der Waals surface area contributed by atoms with Gasteiger partial charge in [0.15, 0.2) is 5.13 Å². The molecule has 5 nitrogen and oxygen atoms in total. The molecule has 1 atom stereocenters. The smallest absolute Gasteiger partial charge is 0.265 e. The van der Waals surface area contributed by atoms with Gasteiger partial charge in [-0.25, -0.2) is 4.98 Å². The number of thiazole rings is 1. The number of carbonyl (C=O) groups excluding carboxylic acids is 2. The van der Waals surface area contributed by atoms with E-state index in [0.717, 1.165) is 10.6 Å². The summed E-state index contributed by atoms with van der Waals surface area (Å²) in [5.74, 6) is -0.207. The van der Waals surface area contributed by atoms with E-state index in [9.17, 15) is 9.59 Å². The third-order valence-electron chi connectivity index (χ3n) is 3.20. The average molecular weight is 390 g/mol. The number of carbonyl (C=O) groups is 2. The minimum Gasteiger partial charge on any atom is -0.321 e. The molecule has 0 bridgehead atoms. The predicted octanol–water partition coefficient (Wildman–Crippen LogP) is 4.58. The number of benzene rings is 1. The van der Waals surface area contributed by atoms with Crippen molar-refractivity contribution in [1.29, 1.82) is 0 Å². The number of thioether (sulfide) groups is 1. The maximum atomic E-state index is 12.1. The number of nitrogens with one attached hydrogen (secondary N) is 2. The topological polar surface area (TPSA) is 71.1 Å². The molecule has 25 heavy (non-hydrogen) atoms. The number of rotatable bonds is 6. The van der Waals surface area contributed by atoms with Gasteiger partial charge in [0, 0.05) is 22.2 Å². The van der Waals surface area contributed by atoms with Crippen LogP contribution in [0.15, 0.2) is 58.3 Å². The average Bonchev–Trinajstić information content (AvgIpc) is 3.30. The molecule has 0 spiro atoms. The van der Waals surface area contributed by atoms with Crippen molar-refractivity contribution in [3.05, 3.63) is 58.2 Å². The van der Waals surface area contributed by atoms with Gasteiger partial charge in [-0.05, 0) is 42.6 Å². The Labute approximate surface area is 157 Å². The number of hydrogen-bond donors (Lipinski definition) is 2. The van der Waals surface area contributed by atoms with E-state index in [1.165, 1.54) is 34.4 Å². The van der Waals surface area contributed by atoms with Crippen molar-refractivity contribution in [1.82, 2.24) is 4.98 Å². The lowest BCUT2D eigenvalue weighted by Crippen LogP contribution is -2.22. The second-order valence-corrected chi connectivity index (χ2v) is 8.30. The number of thiophene rings is 1. The van der Waals surface area contributed by atoms with Crippen LogP contribution in [0.5, 0.6) is 0 Å². The number of hydrogen-bond acceptors (Lipinski definition) is 6. The van der Waals surface area contributed by atoms with E-state index in [2.05, 4.69) is 15.6 Å². The molecule has 1 aromatic carbocycles. The molecule has 0 aliphatic carbocycles. The lowest BCUT2D eigenvalue weighted by Gasteiger charge is -2.11. The normalized spacial score (nSPS) is 11.7. The molecule has 0 radical (unpaired) electrons. The first-order chi connectivity index (χ1) is 12.1. The molecule has 0 aliphatic heterocycles. The Morgan fingerprint density at radius 1 is 1.08 bits per heavy atom. The highest BCUT2D eigenvalue weighted by molar-refractivity contribution is 8.00. The number of anilines is 2. The van der Waals surface area contributed by atoms with Gasteiger partial charge < -0.3 is 10.6 Å². The van der Waals surface area contributed by atoms with E-state index in [4.69, 9.17) is 0 Å². The fraction of sp³-hybridized carbons (Fsp3) is 0.118. The van der Waals surface area contributed by atoms with Gasteiger partial charge in [-0.1, -0.05) is 6.07 Å². The van der Waals surface area contributed by atoms with Gasteiger partial charge >= 0.3 is 0 Å². The van der Waals surface area contributed by atoms with Gasteiger partial charge in [-0.2, -0.15) is 0 Å². The van der Waals surface area contributed by atoms with Crippen molar-refractivity contribution in [2.24, 2.45) is 0 Å². The minimum atomic E-state index is -0.254. The highest BCUT2D eigenvalue weighted by Gasteiger charge is 2.15. The Morgan fingerprint density at radius 2 is 1.88 bits per heavy atom. The molecule has 8 heteroatoms. The summed E-state index contributed by atoms with van der Waals surface area (Å²) in [6, 6.07) is 11.1. The van der Waals surface area contributed by atoms with Crippen molar-refractivity contribution < 1.29 is 9.59 Å². The van der Waals surface area contributed by atoms with E-state index >= 15 is 0 Å². The van der Waals surface area contributed by atoms with Crippen molar-refractivity contribution in [2.75, 3.05) is 10.6 Å². The molecule has 0 aliphatic rings. The summed E-state index contributed by atoms with van der Waals surface area (Å²) in [5, 5.41) is 9.67. The van der Waals surface area contributed by atoms with Crippen LogP contribution in [0.1, 0.15) is 16.6 Å². The van der Waals surface area contributed by atoms with Gasteiger partial charge in [-0.15, -0.1) is 34.4 Å². The van der Waals surface area contributed by atoms with E-state index in [-0.39, 0.29) is 17.1 Å². The lowest BCUT2D eigenvalue weighted by molar-refractivity contribution is -0.115. The van der Waals surface area contributed by atoms with Crippen LogP contribution in [0.25, 0.3) is 0 Å². The Morgan fingerprint density at radius 3 is 2.52 bits per heavy atom. The first-order valence-electron chi connectivity index (χ1n) is 7.44. The maximum Gasteiger partial charge on any atom is 0.265 e. The summed E-state index contributed by atoms with van der Waals surface area (Å²) in [4.78, 5) is 29.8. The Bertz CT molecular complexity index is 831. The molecular formula is C17H15N3O2S3. The SMILES string of the molecule is CC(Sc1ccc(NC(=O)c2cccs2)cc1)C(=O)Nc1nccs1. The fourth-order valence-electron chi connectivity index (χ4n) is 1.97. The lowest BCUT2D eigenvalue weighted by atomic mass is 10.3. The van der Waals surface area contributed by atoms with E-state index in [0.29, 0.717) is 10.0 Å². The quantitative estimate of drug-likeness (QED) is 0.606. The second kappa shape index (κ2) is 8.28. The molecule has 3 aromatic rings. The standard InChI is InChI=1S/C17H15N3O2S3/c1-11(15(21)20-17-18-8-10-24-17)25-13-6-4-12(5-7-13)19-16(22)14-3-2-9-23-14/h2-11H,1H3,(H,19,22)(H,18,20,21). The number of nitrogens with zero attached hydrogens (tertiary/aromatic N) is 1. The van der Waals surface area contributed by atoms with Gasteiger partial charge in [0.05, 0.1) is 10.1 Å². The molecule has 0 fully saturated rings. The van der Waals surface area contributed by atoms with Gasteiger partial charge in [0.2, 0.25) is 5.91 Å². The molecule has 2 N–H and O–H groups in total. The van der Waals surface area contributed by atoms with Crippen LogP contribution in [-0.2, 0) is 4.79 Å². The van der Waals surface area contributed by atoms with E-state index < -0.39 is 0 Å². The minimum absolute atomic E-state index is 0.0879. The van der Waals surface area contributed by atoms with Crippen LogP contribution in [-0.4, -0.2) is 22.0 Å². The highest BCUT2D eigenvalue weighted by atomic mass is 32.2. The van der Waals surface area contributed by atoms with Crippen LogP contribution in [0, 0.1) is 0 Å². The zero-order chi connectivity index (χ0) is 17.6. The Kier molecular flexibility index (Phi) is 5.85. The summed E-state index contributed by atoms with van der Waals surface area (Å²) >= 11 is 4.24.